The van der Waals surface area contributed by atoms with Crippen molar-refractivity contribution in [2.24, 2.45) is 0 Å². The van der Waals surface area contributed by atoms with E-state index in [9.17, 15) is 9.59 Å². The molecule has 0 aliphatic rings. The smallest absolute Gasteiger partial charge is 0.335 e. The van der Waals surface area contributed by atoms with Crippen LogP contribution in [0.2, 0.25) is 0 Å². The van der Waals surface area contributed by atoms with E-state index in [4.69, 9.17) is 9.84 Å². The Morgan fingerprint density at radius 1 is 1.27 bits per heavy atom. The number of carbonyl (C=O) groups excluding carboxylic acids is 1. The number of hydrogen-bond acceptors (Lipinski definition) is 3. The zero-order valence-corrected chi connectivity index (χ0v) is 8.14. The first-order valence-electron chi connectivity index (χ1n) is 4.31. The average Bonchev–Trinajstić information content (AvgIpc) is 2.18. The number of allylic oxidation sites excluding steroid dienone is 1. The molecule has 0 fully saturated rings. The maximum atomic E-state index is 11.0. The molecule has 0 saturated heterocycles. The molecule has 0 radical (unpaired) electrons. The highest BCUT2D eigenvalue weighted by Crippen LogP contribution is 2.12. The number of rotatable bonds is 3. The van der Waals surface area contributed by atoms with E-state index in [0.717, 1.165) is 0 Å². The summed E-state index contributed by atoms with van der Waals surface area (Å²) in [6, 6.07) is 5.62. The summed E-state index contributed by atoms with van der Waals surface area (Å²) in [7, 11) is 0. The first kappa shape index (κ1) is 11.0. The fourth-order valence-electron chi connectivity index (χ4n) is 0.952. The molecule has 0 unspecified atom stereocenters. The minimum absolute atomic E-state index is 0.154. The van der Waals surface area contributed by atoms with Crippen LogP contribution in [0.4, 0.5) is 0 Å². The second kappa shape index (κ2) is 4.95. The lowest BCUT2D eigenvalue weighted by Gasteiger charge is -2.00. The van der Waals surface area contributed by atoms with E-state index < -0.39 is 11.9 Å². The van der Waals surface area contributed by atoms with E-state index >= 15 is 0 Å². The number of esters is 1. The Balaban J connectivity index is 2.72. The monoisotopic (exact) mass is 206 g/mol. The van der Waals surface area contributed by atoms with E-state index in [-0.39, 0.29) is 5.56 Å². The predicted octanol–water partition coefficient (Wildman–Crippen LogP) is 1.87. The lowest BCUT2D eigenvalue weighted by atomic mass is 10.2. The quantitative estimate of drug-likeness (QED) is 0.465. The summed E-state index contributed by atoms with van der Waals surface area (Å²) in [6.45, 7) is 1.70. The van der Waals surface area contributed by atoms with E-state index in [0.29, 0.717) is 5.75 Å². The van der Waals surface area contributed by atoms with E-state index in [1.54, 1.807) is 13.0 Å². The highest BCUT2D eigenvalue weighted by Gasteiger charge is 2.03. The maximum Gasteiger partial charge on any atom is 0.335 e. The minimum Gasteiger partial charge on any atom is -0.478 e. The lowest BCUT2D eigenvalue weighted by molar-refractivity contribution is -0.129. The van der Waals surface area contributed by atoms with Gasteiger partial charge in [-0.2, -0.15) is 0 Å². The van der Waals surface area contributed by atoms with Gasteiger partial charge in [0.05, 0.1) is 5.56 Å². The Hall–Kier alpha value is -2.10. The van der Waals surface area contributed by atoms with Crippen LogP contribution in [0.25, 0.3) is 0 Å². The van der Waals surface area contributed by atoms with Gasteiger partial charge in [0.25, 0.3) is 0 Å². The maximum absolute atomic E-state index is 11.0. The van der Waals surface area contributed by atoms with Crippen molar-refractivity contribution in [3.63, 3.8) is 0 Å². The van der Waals surface area contributed by atoms with Crippen molar-refractivity contribution >= 4 is 11.9 Å². The van der Waals surface area contributed by atoms with Crippen LogP contribution in [-0.2, 0) is 4.79 Å². The average molecular weight is 206 g/mol. The van der Waals surface area contributed by atoms with Gasteiger partial charge >= 0.3 is 11.9 Å². The Kier molecular flexibility index (Phi) is 3.62. The number of carboxylic acids is 1. The summed E-state index contributed by atoms with van der Waals surface area (Å²) in [5, 5.41) is 8.62. The summed E-state index contributed by atoms with van der Waals surface area (Å²) in [6.07, 6.45) is 2.85. The van der Waals surface area contributed by atoms with Crippen molar-refractivity contribution in [3.8, 4) is 5.75 Å². The SMILES string of the molecule is CC=CC(=O)Oc1ccc(C(=O)O)cc1. The van der Waals surface area contributed by atoms with Gasteiger partial charge in [-0.15, -0.1) is 0 Å². The van der Waals surface area contributed by atoms with Crippen LogP contribution in [0, 0.1) is 0 Å². The van der Waals surface area contributed by atoms with Gasteiger partial charge in [-0.05, 0) is 31.2 Å². The van der Waals surface area contributed by atoms with E-state index in [1.807, 2.05) is 0 Å². The second-order valence-corrected chi connectivity index (χ2v) is 2.75. The Labute approximate surface area is 86.8 Å². The van der Waals surface area contributed by atoms with Gasteiger partial charge < -0.3 is 9.84 Å². The van der Waals surface area contributed by atoms with Gasteiger partial charge in [-0.1, -0.05) is 6.08 Å². The molecule has 1 rings (SSSR count). The van der Waals surface area contributed by atoms with E-state index in [1.165, 1.54) is 30.3 Å². The Morgan fingerprint density at radius 2 is 1.87 bits per heavy atom. The molecule has 15 heavy (non-hydrogen) atoms. The van der Waals surface area contributed by atoms with Gasteiger partial charge in [-0.25, -0.2) is 9.59 Å². The molecule has 0 spiro atoms. The van der Waals surface area contributed by atoms with Gasteiger partial charge in [-0.3, -0.25) is 0 Å². The standard InChI is InChI=1S/C11H10O4/c1-2-3-10(12)15-9-6-4-8(5-7-9)11(13)14/h2-7H,1H3,(H,13,14). The molecular formula is C11H10O4. The lowest BCUT2D eigenvalue weighted by Crippen LogP contribution is -2.04. The molecule has 0 aromatic heterocycles. The summed E-state index contributed by atoms with van der Waals surface area (Å²) in [5.74, 6) is -1.18. The summed E-state index contributed by atoms with van der Waals surface area (Å²) >= 11 is 0. The molecule has 1 N–H and O–H groups in total. The molecule has 78 valence electrons. The number of aromatic carboxylic acids is 1. The van der Waals surface area contributed by atoms with E-state index in [2.05, 4.69) is 0 Å². The number of benzene rings is 1. The highest BCUT2D eigenvalue weighted by molar-refractivity contribution is 5.88. The van der Waals surface area contributed by atoms with Crippen molar-refractivity contribution in [3.05, 3.63) is 42.0 Å². The summed E-state index contributed by atoms with van der Waals surface area (Å²) in [4.78, 5) is 21.5. The van der Waals surface area contributed by atoms with Crippen LogP contribution in [0.3, 0.4) is 0 Å². The molecule has 0 bridgehead atoms. The zero-order chi connectivity index (χ0) is 11.3. The van der Waals surface area contributed by atoms with Gasteiger partial charge in [0.2, 0.25) is 0 Å². The fourth-order valence-corrected chi connectivity index (χ4v) is 0.952. The molecule has 1 aromatic rings. The number of carbonyl (C=O) groups is 2. The number of carboxylic acid groups (broad SMARTS) is 1. The molecular weight excluding hydrogens is 196 g/mol. The molecule has 1 aromatic carbocycles. The van der Waals surface area contributed by atoms with Gasteiger partial charge in [0.15, 0.2) is 0 Å². The van der Waals surface area contributed by atoms with Crippen molar-refractivity contribution in [2.75, 3.05) is 0 Å². The first-order valence-corrected chi connectivity index (χ1v) is 4.31. The van der Waals surface area contributed by atoms with Crippen LogP contribution >= 0.6 is 0 Å². The van der Waals surface area contributed by atoms with Crippen molar-refractivity contribution < 1.29 is 19.4 Å². The normalized spacial score (nSPS) is 10.2. The first-order chi connectivity index (χ1) is 7.13. The molecule has 0 aliphatic heterocycles. The summed E-state index contributed by atoms with van der Waals surface area (Å²) in [5.41, 5.74) is 0.154. The van der Waals surface area contributed by atoms with Crippen LogP contribution < -0.4 is 4.74 Å². The highest BCUT2D eigenvalue weighted by atomic mass is 16.5. The topological polar surface area (TPSA) is 63.6 Å². The molecule has 4 nitrogen and oxygen atoms in total. The van der Waals surface area contributed by atoms with Crippen LogP contribution in [0.15, 0.2) is 36.4 Å². The second-order valence-electron chi connectivity index (χ2n) is 2.75. The fraction of sp³-hybridized carbons (Fsp3) is 0.0909. The van der Waals surface area contributed by atoms with Gasteiger partial charge in [0.1, 0.15) is 5.75 Å². The molecule has 0 amide bonds. The van der Waals surface area contributed by atoms with Crippen molar-refractivity contribution in [1.29, 1.82) is 0 Å². The van der Waals surface area contributed by atoms with Crippen molar-refractivity contribution in [2.45, 2.75) is 6.92 Å². The van der Waals surface area contributed by atoms with Crippen LogP contribution in [0.1, 0.15) is 17.3 Å². The Bertz CT molecular complexity index is 390. The molecule has 0 atom stereocenters. The molecule has 0 saturated carbocycles. The minimum atomic E-state index is -1.01. The number of ether oxygens (including phenoxy) is 1. The molecule has 0 aliphatic carbocycles. The molecule has 0 heterocycles. The molecule has 4 heteroatoms. The summed E-state index contributed by atoms with van der Waals surface area (Å²) < 4.78 is 4.87. The predicted molar refractivity (Wildman–Crippen MR) is 53.9 cm³/mol. The third kappa shape index (κ3) is 3.27. The van der Waals surface area contributed by atoms with Crippen LogP contribution in [0.5, 0.6) is 5.75 Å². The van der Waals surface area contributed by atoms with Crippen LogP contribution in [-0.4, -0.2) is 17.0 Å². The van der Waals surface area contributed by atoms with Gasteiger partial charge in [0, 0.05) is 6.08 Å². The Morgan fingerprint density at radius 3 is 2.33 bits per heavy atom. The zero-order valence-electron chi connectivity index (χ0n) is 8.14. The third-order valence-electron chi connectivity index (χ3n) is 1.62. The van der Waals surface area contributed by atoms with Crippen molar-refractivity contribution in [1.82, 2.24) is 0 Å². The largest absolute Gasteiger partial charge is 0.478 e. The third-order valence-corrected chi connectivity index (χ3v) is 1.62. The number of hydrogen-bond donors (Lipinski definition) is 1.